The third-order valence-electron chi connectivity index (χ3n) is 4.15. The predicted octanol–water partition coefficient (Wildman–Crippen LogP) is 2.99. The van der Waals surface area contributed by atoms with E-state index in [1.54, 1.807) is 12.1 Å². The van der Waals surface area contributed by atoms with Crippen LogP contribution < -0.4 is 10.6 Å². The Bertz CT molecular complexity index is 674. The lowest BCUT2D eigenvalue weighted by molar-refractivity contribution is -0.123. The fourth-order valence-electron chi connectivity index (χ4n) is 2.61. The Morgan fingerprint density at radius 2 is 2.07 bits per heavy atom. The Morgan fingerprint density at radius 3 is 2.79 bits per heavy atom. The number of benzene rings is 1. The third kappa shape index (κ3) is 7.90. The molecule has 0 spiro atoms. The molecule has 1 aromatic rings. The van der Waals surface area contributed by atoms with Crippen molar-refractivity contribution in [1.29, 1.82) is 0 Å². The quantitative estimate of drug-likeness (QED) is 0.482. The highest BCUT2D eigenvalue weighted by molar-refractivity contribution is 7.99. The molecule has 0 saturated carbocycles. The van der Waals surface area contributed by atoms with E-state index in [4.69, 9.17) is 9.47 Å². The molecule has 0 unspecified atom stereocenters. The molecule has 1 saturated heterocycles. The molecule has 8 heteroatoms. The van der Waals surface area contributed by atoms with Crippen LogP contribution in [0.4, 0.5) is 4.79 Å². The van der Waals surface area contributed by atoms with Crippen molar-refractivity contribution in [3.63, 3.8) is 0 Å². The molecule has 1 atom stereocenters. The molecule has 2 N–H and O–H groups in total. The number of imide groups is 1. The molecule has 1 aliphatic rings. The van der Waals surface area contributed by atoms with Crippen molar-refractivity contribution in [2.45, 2.75) is 44.1 Å². The van der Waals surface area contributed by atoms with Gasteiger partial charge in [0.05, 0.1) is 11.7 Å². The summed E-state index contributed by atoms with van der Waals surface area (Å²) >= 11 is 1.54. The van der Waals surface area contributed by atoms with Gasteiger partial charge in [-0.1, -0.05) is 26.0 Å². The zero-order valence-corrected chi connectivity index (χ0v) is 17.2. The Hall–Kier alpha value is -2.06. The van der Waals surface area contributed by atoms with Gasteiger partial charge >= 0.3 is 12.0 Å². The predicted molar refractivity (Wildman–Crippen MR) is 107 cm³/mol. The van der Waals surface area contributed by atoms with E-state index >= 15 is 0 Å². The maximum Gasteiger partial charge on any atom is 0.339 e. The first kappa shape index (κ1) is 22.2. The molecule has 0 aliphatic carbocycles. The maximum absolute atomic E-state index is 12.4. The SMILES string of the molecule is CC(C)CCNC(=O)NC(=O)COC(=O)c1ccccc1SC[C@H]1CCCO1. The van der Waals surface area contributed by atoms with Gasteiger partial charge in [0.25, 0.3) is 5.91 Å². The van der Waals surface area contributed by atoms with Crippen LogP contribution in [0, 0.1) is 5.92 Å². The average molecular weight is 409 g/mol. The number of rotatable bonds is 9. The summed E-state index contributed by atoms with van der Waals surface area (Å²) < 4.78 is 10.7. The largest absolute Gasteiger partial charge is 0.452 e. The van der Waals surface area contributed by atoms with Gasteiger partial charge in [0.15, 0.2) is 6.61 Å². The van der Waals surface area contributed by atoms with Gasteiger partial charge in [0.2, 0.25) is 0 Å². The Labute approximate surface area is 169 Å². The Kier molecular flexibility index (Phi) is 9.30. The third-order valence-corrected chi connectivity index (χ3v) is 5.36. The molecule has 154 valence electrons. The molecule has 1 fully saturated rings. The number of hydrogen-bond donors (Lipinski definition) is 2. The summed E-state index contributed by atoms with van der Waals surface area (Å²) in [7, 11) is 0. The minimum absolute atomic E-state index is 0.203. The molecule has 1 aliphatic heterocycles. The maximum atomic E-state index is 12.4. The first-order valence-electron chi connectivity index (χ1n) is 9.54. The number of nitrogens with one attached hydrogen (secondary N) is 2. The summed E-state index contributed by atoms with van der Waals surface area (Å²) in [5.74, 6) is -0.0396. The second kappa shape index (κ2) is 11.7. The van der Waals surface area contributed by atoms with Crippen molar-refractivity contribution < 1.29 is 23.9 Å². The summed E-state index contributed by atoms with van der Waals surface area (Å²) in [5, 5.41) is 4.74. The zero-order valence-electron chi connectivity index (χ0n) is 16.4. The van der Waals surface area contributed by atoms with E-state index in [1.165, 1.54) is 11.8 Å². The molecule has 1 aromatic carbocycles. The van der Waals surface area contributed by atoms with E-state index in [9.17, 15) is 14.4 Å². The summed E-state index contributed by atoms with van der Waals surface area (Å²) in [5.41, 5.74) is 0.402. The van der Waals surface area contributed by atoms with Gasteiger partial charge in [0.1, 0.15) is 0 Å². The van der Waals surface area contributed by atoms with E-state index < -0.39 is 24.5 Å². The number of amides is 3. The molecule has 2 rings (SSSR count). The van der Waals surface area contributed by atoms with Crippen LogP contribution in [0.25, 0.3) is 0 Å². The van der Waals surface area contributed by atoms with Crippen LogP contribution in [-0.2, 0) is 14.3 Å². The molecular formula is C20H28N2O5S. The number of carbonyl (C=O) groups excluding carboxylic acids is 3. The van der Waals surface area contributed by atoms with Crippen molar-refractivity contribution in [3.8, 4) is 0 Å². The van der Waals surface area contributed by atoms with Crippen LogP contribution in [0.3, 0.4) is 0 Å². The highest BCUT2D eigenvalue weighted by atomic mass is 32.2. The fourth-order valence-corrected chi connectivity index (χ4v) is 3.72. The molecule has 7 nitrogen and oxygen atoms in total. The van der Waals surface area contributed by atoms with E-state index in [0.29, 0.717) is 18.0 Å². The van der Waals surface area contributed by atoms with E-state index in [2.05, 4.69) is 10.6 Å². The molecule has 0 aromatic heterocycles. The van der Waals surface area contributed by atoms with Gasteiger partial charge in [-0.2, -0.15) is 0 Å². The van der Waals surface area contributed by atoms with Crippen LogP contribution >= 0.6 is 11.8 Å². The number of ether oxygens (including phenoxy) is 2. The highest BCUT2D eigenvalue weighted by Gasteiger charge is 2.19. The summed E-state index contributed by atoms with van der Waals surface area (Å²) in [6.07, 6.45) is 3.11. The average Bonchev–Trinajstić information content (AvgIpc) is 3.18. The van der Waals surface area contributed by atoms with Crippen LogP contribution in [0.1, 0.15) is 43.5 Å². The lowest BCUT2D eigenvalue weighted by Crippen LogP contribution is -2.42. The normalized spacial score (nSPS) is 16.0. The van der Waals surface area contributed by atoms with Crippen molar-refractivity contribution in [3.05, 3.63) is 29.8 Å². The van der Waals surface area contributed by atoms with Gasteiger partial charge in [-0.25, -0.2) is 9.59 Å². The van der Waals surface area contributed by atoms with Crippen molar-refractivity contribution in [1.82, 2.24) is 10.6 Å². The summed E-state index contributed by atoms with van der Waals surface area (Å²) in [6.45, 7) is 4.84. The minimum Gasteiger partial charge on any atom is -0.452 e. The van der Waals surface area contributed by atoms with Crippen molar-refractivity contribution in [2.75, 3.05) is 25.5 Å². The van der Waals surface area contributed by atoms with Gasteiger partial charge in [0, 0.05) is 23.8 Å². The number of hydrogen-bond acceptors (Lipinski definition) is 6. The van der Waals surface area contributed by atoms with Crippen LogP contribution in [0.2, 0.25) is 0 Å². The Morgan fingerprint density at radius 1 is 1.29 bits per heavy atom. The van der Waals surface area contributed by atoms with Crippen LogP contribution in [0.15, 0.2) is 29.2 Å². The van der Waals surface area contributed by atoms with Gasteiger partial charge in [-0.05, 0) is 37.3 Å². The number of thioether (sulfide) groups is 1. The molecule has 0 radical (unpaired) electrons. The monoisotopic (exact) mass is 408 g/mol. The molecule has 0 bridgehead atoms. The molecule has 28 heavy (non-hydrogen) atoms. The summed E-state index contributed by atoms with van der Waals surface area (Å²) in [4.78, 5) is 36.6. The lowest BCUT2D eigenvalue weighted by atomic mass is 10.1. The Balaban J connectivity index is 1.77. The minimum atomic E-state index is -0.667. The smallest absolute Gasteiger partial charge is 0.339 e. The van der Waals surface area contributed by atoms with E-state index in [1.807, 2.05) is 26.0 Å². The van der Waals surface area contributed by atoms with E-state index in [-0.39, 0.29) is 6.10 Å². The highest BCUT2D eigenvalue weighted by Crippen LogP contribution is 2.27. The second-order valence-electron chi connectivity index (χ2n) is 7.00. The first-order chi connectivity index (χ1) is 13.5. The molecule has 3 amide bonds. The van der Waals surface area contributed by atoms with E-state index in [0.717, 1.165) is 36.5 Å². The van der Waals surface area contributed by atoms with Crippen molar-refractivity contribution in [2.24, 2.45) is 5.92 Å². The lowest BCUT2D eigenvalue weighted by Gasteiger charge is -2.12. The topological polar surface area (TPSA) is 93.7 Å². The molecular weight excluding hydrogens is 380 g/mol. The number of carbonyl (C=O) groups is 3. The van der Waals surface area contributed by atoms with Gasteiger partial charge in [-0.3, -0.25) is 10.1 Å². The number of esters is 1. The fraction of sp³-hybridized carbons (Fsp3) is 0.550. The van der Waals surface area contributed by atoms with Gasteiger partial charge < -0.3 is 14.8 Å². The molecule has 1 heterocycles. The van der Waals surface area contributed by atoms with Crippen LogP contribution in [0.5, 0.6) is 0 Å². The first-order valence-corrected chi connectivity index (χ1v) is 10.5. The van der Waals surface area contributed by atoms with Crippen LogP contribution in [-0.4, -0.2) is 49.5 Å². The zero-order chi connectivity index (χ0) is 20.4. The number of urea groups is 1. The second-order valence-corrected chi connectivity index (χ2v) is 8.07. The standard InChI is InChI=1S/C20H28N2O5S/c1-14(2)9-10-21-20(25)22-18(23)12-27-19(24)16-7-3-4-8-17(16)28-13-15-6-5-11-26-15/h3-4,7-8,14-15H,5-6,9-13H2,1-2H3,(H2,21,22,23,25)/t15-/m1/s1. The summed E-state index contributed by atoms with van der Waals surface area (Å²) in [6, 6.07) is 6.52. The van der Waals surface area contributed by atoms with Crippen molar-refractivity contribution >= 4 is 29.7 Å². The van der Waals surface area contributed by atoms with Gasteiger partial charge in [-0.15, -0.1) is 11.8 Å².